The predicted octanol–water partition coefficient (Wildman–Crippen LogP) is 3.13. The van der Waals surface area contributed by atoms with Crippen molar-refractivity contribution in [3.63, 3.8) is 0 Å². The molecule has 0 radical (unpaired) electrons. The molecule has 2 heteroatoms. The standard InChI is InChI=1S/C15H32N2/c1-5-13(4)15(16-6-2)12-17(7-3)11-14-9-8-10-14/h13-16H,5-12H2,1-4H3. The molecule has 1 rings (SSSR count). The van der Waals surface area contributed by atoms with Crippen LogP contribution in [0.3, 0.4) is 0 Å². The normalized spacial score (nSPS) is 20.3. The lowest BCUT2D eigenvalue weighted by molar-refractivity contribution is 0.157. The number of nitrogens with one attached hydrogen (secondary N) is 1. The minimum absolute atomic E-state index is 0.671. The molecule has 0 aromatic carbocycles. The summed E-state index contributed by atoms with van der Waals surface area (Å²) in [6, 6.07) is 0.671. The fourth-order valence-electron chi connectivity index (χ4n) is 2.64. The van der Waals surface area contributed by atoms with Crippen LogP contribution in [0, 0.1) is 11.8 Å². The van der Waals surface area contributed by atoms with E-state index in [2.05, 4.69) is 37.9 Å². The Morgan fingerprint density at radius 2 is 1.94 bits per heavy atom. The highest BCUT2D eigenvalue weighted by atomic mass is 15.1. The highest BCUT2D eigenvalue weighted by Gasteiger charge is 2.23. The minimum Gasteiger partial charge on any atom is -0.313 e. The topological polar surface area (TPSA) is 15.3 Å². The molecular formula is C15H32N2. The van der Waals surface area contributed by atoms with Gasteiger partial charge >= 0.3 is 0 Å². The maximum atomic E-state index is 3.67. The van der Waals surface area contributed by atoms with Gasteiger partial charge in [0, 0.05) is 19.1 Å². The molecule has 0 saturated heterocycles. The summed E-state index contributed by atoms with van der Waals surface area (Å²) in [4.78, 5) is 2.66. The van der Waals surface area contributed by atoms with Crippen LogP contribution in [0.2, 0.25) is 0 Å². The lowest BCUT2D eigenvalue weighted by Gasteiger charge is -2.35. The highest BCUT2D eigenvalue weighted by molar-refractivity contribution is 4.79. The Bertz CT molecular complexity index is 189. The molecule has 0 aromatic rings. The largest absolute Gasteiger partial charge is 0.313 e. The molecule has 102 valence electrons. The third-order valence-corrected chi connectivity index (χ3v) is 4.44. The molecule has 2 atom stereocenters. The number of hydrogen-bond donors (Lipinski definition) is 1. The van der Waals surface area contributed by atoms with Gasteiger partial charge < -0.3 is 10.2 Å². The number of rotatable bonds is 9. The lowest BCUT2D eigenvalue weighted by Crippen LogP contribution is -2.46. The fourth-order valence-corrected chi connectivity index (χ4v) is 2.64. The Kier molecular flexibility index (Phi) is 7.14. The van der Waals surface area contributed by atoms with Gasteiger partial charge in [0.15, 0.2) is 0 Å². The second-order valence-corrected chi connectivity index (χ2v) is 5.70. The van der Waals surface area contributed by atoms with Crippen molar-refractivity contribution >= 4 is 0 Å². The Morgan fingerprint density at radius 1 is 1.24 bits per heavy atom. The molecule has 17 heavy (non-hydrogen) atoms. The predicted molar refractivity (Wildman–Crippen MR) is 76.4 cm³/mol. The Labute approximate surface area is 108 Å². The molecule has 0 heterocycles. The van der Waals surface area contributed by atoms with E-state index in [0.717, 1.165) is 18.4 Å². The summed E-state index contributed by atoms with van der Waals surface area (Å²) >= 11 is 0. The zero-order valence-corrected chi connectivity index (χ0v) is 12.3. The molecule has 2 unspecified atom stereocenters. The lowest BCUT2D eigenvalue weighted by atomic mass is 9.85. The zero-order valence-electron chi connectivity index (χ0n) is 12.3. The number of nitrogens with zero attached hydrogens (tertiary/aromatic N) is 1. The van der Waals surface area contributed by atoms with Crippen LogP contribution in [0.1, 0.15) is 53.4 Å². The maximum Gasteiger partial charge on any atom is 0.0220 e. The zero-order chi connectivity index (χ0) is 12.7. The third-order valence-electron chi connectivity index (χ3n) is 4.44. The van der Waals surface area contributed by atoms with E-state index in [1.54, 1.807) is 0 Å². The summed E-state index contributed by atoms with van der Waals surface area (Å²) in [5, 5.41) is 3.67. The highest BCUT2D eigenvalue weighted by Crippen LogP contribution is 2.27. The van der Waals surface area contributed by atoms with E-state index in [1.807, 2.05) is 0 Å². The van der Waals surface area contributed by atoms with Crippen LogP contribution in [-0.2, 0) is 0 Å². The summed E-state index contributed by atoms with van der Waals surface area (Å²) in [5.74, 6) is 1.78. The van der Waals surface area contributed by atoms with Crippen LogP contribution >= 0.6 is 0 Å². The van der Waals surface area contributed by atoms with Gasteiger partial charge in [0.2, 0.25) is 0 Å². The van der Waals surface area contributed by atoms with Gasteiger partial charge in [0.25, 0.3) is 0 Å². The maximum absolute atomic E-state index is 3.67. The van der Waals surface area contributed by atoms with Gasteiger partial charge in [-0.1, -0.05) is 40.5 Å². The van der Waals surface area contributed by atoms with Crippen molar-refractivity contribution in [1.29, 1.82) is 0 Å². The first-order valence-corrected chi connectivity index (χ1v) is 7.66. The number of likely N-dealkylation sites (N-methyl/N-ethyl adjacent to an activating group) is 2. The first kappa shape index (κ1) is 15.0. The fraction of sp³-hybridized carbons (Fsp3) is 1.00. The van der Waals surface area contributed by atoms with E-state index < -0.39 is 0 Å². The summed E-state index contributed by atoms with van der Waals surface area (Å²) in [7, 11) is 0. The van der Waals surface area contributed by atoms with E-state index >= 15 is 0 Å². The van der Waals surface area contributed by atoms with E-state index in [0.29, 0.717) is 6.04 Å². The Morgan fingerprint density at radius 3 is 2.35 bits per heavy atom. The molecule has 1 N–H and O–H groups in total. The Hall–Kier alpha value is -0.0800. The van der Waals surface area contributed by atoms with Gasteiger partial charge in [0.1, 0.15) is 0 Å². The van der Waals surface area contributed by atoms with Crippen molar-refractivity contribution < 1.29 is 0 Å². The van der Waals surface area contributed by atoms with E-state index in [9.17, 15) is 0 Å². The van der Waals surface area contributed by atoms with Crippen molar-refractivity contribution in [3.05, 3.63) is 0 Å². The first-order valence-electron chi connectivity index (χ1n) is 7.66. The molecular weight excluding hydrogens is 208 g/mol. The van der Waals surface area contributed by atoms with Crippen LogP contribution in [0.4, 0.5) is 0 Å². The van der Waals surface area contributed by atoms with Crippen molar-refractivity contribution in [3.8, 4) is 0 Å². The monoisotopic (exact) mass is 240 g/mol. The van der Waals surface area contributed by atoms with Crippen LogP contribution < -0.4 is 5.32 Å². The first-order chi connectivity index (χ1) is 8.21. The van der Waals surface area contributed by atoms with Crippen molar-refractivity contribution in [2.75, 3.05) is 26.2 Å². The number of hydrogen-bond acceptors (Lipinski definition) is 2. The average molecular weight is 240 g/mol. The molecule has 1 aliphatic rings. The van der Waals surface area contributed by atoms with Crippen LogP contribution in [0.5, 0.6) is 0 Å². The average Bonchev–Trinajstić information content (AvgIpc) is 2.29. The minimum atomic E-state index is 0.671. The molecule has 1 saturated carbocycles. The van der Waals surface area contributed by atoms with Crippen LogP contribution in [0.25, 0.3) is 0 Å². The quantitative estimate of drug-likeness (QED) is 0.666. The van der Waals surface area contributed by atoms with Crippen molar-refractivity contribution in [1.82, 2.24) is 10.2 Å². The summed E-state index contributed by atoms with van der Waals surface area (Å²) in [6.07, 6.45) is 5.67. The smallest absolute Gasteiger partial charge is 0.0220 e. The molecule has 0 amide bonds. The molecule has 0 spiro atoms. The molecule has 1 fully saturated rings. The molecule has 0 aromatic heterocycles. The van der Waals surface area contributed by atoms with Crippen LogP contribution in [-0.4, -0.2) is 37.1 Å². The summed E-state index contributed by atoms with van der Waals surface area (Å²) in [6.45, 7) is 14.1. The van der Waals surface area contributed by atoms with Gasteiger partial charge in [0.05, 0.1) is 0 Å². The second kappa shape index (κ2) is 8.10. The van der Waals surface area contributed by atoms with Crippen molar-refractivity contribution in [2.45, 2.75) is 59.4 Å². The molecule has 2 nitrogen and oxygen atoms in total. The van der Waals surface area contributed by atoms with Crippen LogP contribution in [0.15, 0.2) is 0 Å². The van der Waals surface area contributed by atoms with E-state index in [1.165, 1.54) is 45.3 Å². The van der Waals surface area contributed by atoms with Gasteiger partial charge in [-0.25, -0.2) is 0 Å². The molecule has 0 aliphatic heterocycles. The summed E-state index contributed by atoms with van der Waals surface area (Å²) < 4.78 is 0. The van der Waals surface area contributed by atoms with Gasteiger partial charge in [-0.3, -0.25) is 0 Å². The van der Waals surface area contributed by atoms with Gasteiger partial charge in [-0.05, 0) is 37.8 Å². The van der Waals surface area contributed by atoms with E-state index in [-0.39, 0.29) is 0 Å². The van der Waals surface area contributed by atoms with Crippen molar-refractivity contribution in [2.24, 2.45) is 11.8 Å². The molecule has 1 aliphatic carbocycles. The summed E-state index contributed by atoms with van der Waals surface area (Å²) in [5.41, 5.74) is 0. The second-order valence-electron chi connectivity index (χ2n) is 5.70. The van der Waals surface area contributed by atoms with E-state index in [4.69, 9.17) is 0 Å². The van der Waals surface area contributed by atoms with Gasteiger partial charge in [-0.15, -0.1) is 0 Å². The molecule has 0 bridgehead atoms. The SMILES string of the molecule is CCNC(CN(CC)CC1CCC1)C(C)CC. The van der Waals surface area contributed by atoms with Gasteiger partial charge in [-0.2, -0.15) is 0 Å². The third kappa shape index (κ3) is 4.97. The Balaban J connectivity index is 2.37.